The fraction of sp³-hybridized carbons (Fsp3) is 0.0612. The normalized spacial score (nSPS) is 13.8. The van der Waals surface area contributed by atoms with Crippen molar-refractivity contribution < 1.29 is 0 Å². The Labute approximate surface area is 293 Å². The Morgan fingerprint density at radius 3 is 1.74 bits per heavy atom. The van der Waals surface area contributed by atoms with Gasteiger partial charge in [-0.1, -0.05) is 166 Å². The van der Waals surface area contributed by atoms with E-state index >= 15 is 0 Å². The number of anilines is 3. The highest BCUT2D eigenvalue weighted by Crippen LogP contribution is 2.53. The largest absolute Gasteiger partial charge is 0.308 e. The molecule has 1 heterocycles. The summed E-state index contributed by atoms with van der Waals surface area (Å²) in [6.07, 6.45) is 4.51. The lowest BCUT2D eigenvalue weighted by Gasteiger charge is -2.31. The van der Waals surface area contributed by atoms with Crippen LogP contribution in [0.4, 0.5) is 17.1 Å². The predicted molar refractivity (Wildman–Crippen MR) is 214 cm³/mol. The average molecular weight is 638 g/mol. The van der Waals surface area contributed by atoms with Gasteiger partial charge in [0.2, 0.25) is 0 Å². The molecule has 1 aliphatic carbocycles. The third-order valence-corrected chi connectivity index (χ3v) is 11.0. The predicted octanol–water partition coefficient (Wildman–Crippen LogP) is 13.6. The zero-order valence-corrected chi connectivity index (χ0v) is 28.2. The Kier molecular flexibility index (Phi) is 6.29. The molecule has 0 unspecified atom stereocenters. The molecule has 0 bridgehead atoms. The van der Waals surface area contributed by atoms with E-state index in [2.05, 4.69) is 195 Å². The van der Waals surface area contributed by atoms with Crippen molar-refractivity contribution in [2.24, 2.45) is 0 Å². The highest BCUT2D eigenvalue weighted by atomic mass is 15.2. The van der Waals surface area contributed by atoms with Gasteiger partial charge in [-0.05, 0) is 90.7 Å². The van der Waals surface area contributed by atoms with Gasteiger partial charge in [-0.3, -0.25) is 0 Å². The van der Waals surface area contributed by atoms with Crippen molar-refractivity contribution in [3.63, 3.8) is 0 Å². The number of rotatable bonds is 3. The molecule has 10 rings (SSSR count). The highest BCUT2D eigenvalue weighted by molar-refractivity contribution is 6.23. The van der Waals surface area contributed by atoms with Crippen LogP contribution in [0.1, 0.15) is 36.1 Å². The summed E-state index contributed by atoms with van der Waals surface area (Å²) < 4.78 is 0. The van der Waals surface area contributed by atoms with E-state index in [1.807, 2.05) is 0 Å². The van der Waals surface area contributed by atoms with Crippen LogP contribution < -0.4 is 4.90 Å². The maximum absolute atomic E-state index is 2.50. The van der Waals surface area contributed by atoms with Gasteiger partial charge in [0.05, 0.1) is 17.1 Å². The Morgan fingerprint density at radius 1 is 0.400 bits per heavy atom. The number of benzene rings is 8. The molecule has 1 aliphatic heterocycles. The summed E-state index contributed by atoms with van der Waals surface area (Å²) in [6, 6.07) is 60.5. The molecular weight excluding hydrogens is 603 g/mol. The quantitative estimate of drug-likeness (QED) is 0.174. The molecule has 1 heteroatoms. The molecule has 0 radical (unpaired) electrons. The molecular formula is C49H35N. The van der Waals surface area contributed by atoms with Gasteiger partial charge < -0.3 is 4.90 Å². The van der Waals surface area contributed by atoms with Crippen molar-refractivity contribution in [3.8, 4) is 33.4 Å². The Hall–Kier alpha value is -6.18. The van der Waals surface area contributed by atoms with Crippen molar-refractivity contribution >= 4 is 50.8 Å². The topological polar surface area (TPSA) is 3.24 Å². The number of para-hydroxylation sites is 2. The van der Waals surface area contributed by atoms with Crippen LogP contribution in [0.5, 0.6) is 0 Å². The van der Waals surface area contributed by atoms with E-state index in [1.54, 1.807) is 0 Å². The van der Waals surface area contributed by atoms with E-state index in [-0.39, 0.29) is 5.41 Å². The summed E-state index contributed by atoms with van der Waals surface area (Å²) >= 11 is 0. The van der Waals surface area contributed by atoms with Crippen molar-refractivity contribution in [2.45, 2.75) is 19.3 Å². The third-order valence-electron chi connectivity index (χ3n) is 11.0. The minimum Gasteiger partial charge on any atom is -0.308 e. The lowest BCUT2D eigenvalue weighted by atomic mass is 9.80. The number of hydrogen-bond acceptors (Lipinski definition) is 1. The van der Waals surface area contributed by atoms with E-state index in [0.717, 1.165) is 0 Å². The maximum atomic E-state index is 2.50. The van der Waals surface area contributed by atoms with Crippen LogP contribution in [-0.2, 0) is 5.41 Å². The van der Waals surface area contributed by atoms with Gasteiger partial charge in [-0.2, -0.15) is 0 Å². The monoisotopic (exact) mass is 637 g/mol. The fourth-order valence-corrected chi connectivity index (χ4v) is 8.59. The van der Waals surface area contributed by atoms with E-state index < -0.39 is 0 Å². The van der Waals surface area contributed by atoms with Crippen molar-refractivity contribution in [1.29, 1.82) is 0 Å². The van der Waals surface area contributed by atoms with Crippen LogP contribution >= 0.6 is 0 Å². The third kappa shape index (κ3) is 4.20. The molecule has 0 amide bonds. The van der Waals surface area contributed by atoms with Crippen molar-refractivity contribution in [2.75, 3.05) is 4.90 Å². The molecule has 50 heavy (non-hydrogen) atoms. The van der Waals surface area contributed by atoms with Gasteiger partial charge in [0.25, 0.3) is 0 Å². The van der Waals surface area contributed by atoms with Crippen LogP contribution in [0.2, 0.25) is 0 Å². The molecule has 0 spiro atoms. The zero-order valence-electron chi connectivity index (χ0n) is 28.2. The Balaban J connectivity index is 1.33. The summed E-state index contributed by atoms with van der Waals surface area (Å²) in [7, 11) is 0. The smallest absolute Gasteiger partial charge is 0.0619 e. The van der Waals surface area contributed by atoms with Gasteiger partial charge in [0, 0.05) is 16.2 Å². The van der Waals surface area contributed by atoms with Crippen LogP contribution in [0.3, 0.4) is 0 Å². The first kappa shape index (κ1) is 28.8. The Bertz CT molecular complexity index is 2630. The van der Waals surface area contributed by atoms with Crippen LogP contribution in [-0.4, -0.2) is 0 Å². The molecule has 8 aromatic carbocycles. The molecule has 236 valence electrons. The number of hydrogen-bond donors (Lipinski definition) is 0. The summed E-state index contributed by atoms with van der Waals surface area (Å²) in [5.41, 5.74) is 16.3. The zero-order chi connectivity index (χ0) is 33.4. The van der Waals surface area contributed by atoms with E-state index in [1.165, 1.54) is 94.2 Å². The van der Waals surface area contributed by atoms with E-state index in [9.17, 15) is 0 Å². The first-order valence-electron chi connectivity index (χ1n) is 17.5. The molecule has 0 fully saturated rings. The molecule has 0 N–H and O–H groups in total. The van der Waals surface area contributed by atoms with Gasteiger partial charge in [0.15, 0.2) is 0 Å². The molecule has 0 saturated heterocycles. The molecule has 0 atom stereocenters. The summed E-state index contributed by atoms with van der Waals surface area (Å²) in [5.74, 6) is 0. The molecule has 0 aromatic heterocycles. The summed E-state index contributed by atoms with van der Waals surface area (Å²) in [5, 5.41) is 4.96. The number of nitrogens with zero attached hydrogens (tertiary/aromatic N) is 1. The summed E-state index contributed by atoms with van der Waals surface area (Å²) in [6.45, 7) is 4.74. The fourth-order valence-electron chi connectivity index (χ4n) is 8.59. The molecule has 0 saturated carbocycles. The second kappa shape index (κ2) is 10.9. The lowest BCUT2D eigenvalue weighted by molar-refractivity contribution is 0.660. The Morgan fingerprint density at radius 2 is 0.980 bits per heavy atom. The lowest BCUT2D eigenvalue weighted by Crippen LogP contribution is -2.15. The van der Waals surface area contributed by atoms with Crippen LogP contribution in [0.25, 0.3) is 67.1 Å². The highest BCUT2D eigenvalue weighted by Gasteiger charge is 2.35. The molecule has 2 aliphatic rings. The van der Waals surface area contributed by atoms with Crippen molar-refractivity contribution in [1.82, 2.24) is 0 Å². The van der Waals surface area contributed by atoms with Gasteiger partial charge in [-0.25, -0.2) is 0 Å². The standard InChI is InChI=1S/C49H35N/c1-49(2)43-21-11-10-18-37(43)38-28-27-36(31-44(38)49)47-39-19-8-9-20-40(39)48(41-29-26-35(30-42(41)47)32-14-4-3-5-15-32)50-45-22-12-6-16-33(45)24-25-34-17-7-13-23-46(34)50/h3-31H,1-2H3. The average Bonchev–Trinajstić information content (AvgIpc) is 3.28. The van der Waals surface area contributed by atoms with Gasteiger partial charge >= 0.3 is 0 Å². The second-order valence-corrected chi connectivity index (χ2v) is 14.1. The molecule has 8 aromatic rings. The number of fused-ring (bicyclic) bond motifs is 7. The van der Waals surface area contributed by atoms with E-state index in [0.29, 0.717) is 0 Å². The first-order chi connectivity index (χ1) is 24.6. The summed E-state index contributed by atoms with van der Waals surface area (Å²) in [4.78, 5) is 2.50. The van der Waals surface area contributed by atoms with Gasteiger partial charge in [0.1, 0.15) is 0 Å². The minimum atomic E-state index is -0.0881. The van der Waals surface area contributed by atoms with Crippen molar-refractivity contribution in [3.05, 3.63) is 186 Å². The second-order valence-electron chi connectivity index (χ2n) is 14.1. The minimum absolute atomic E-state index is 0.0881. The maximum Gasteiger partial charge on any atom is 0.0619 e. The van der Waals surface area contributed by atoms with Crippen LogP contribution in [0.15, 0.2) is 164 Å². The van der Waals surface area contributed by atoms with E-state index in [4.69, 9.17) is 0 Å². The molecule has 1 nitrogen and oxygen atoms in total. The van der Waals surface area contributed by atoms with Crippen LogP contribution in [0, 0.1) is 0 Å². The first-order valence-corrected chi connectivity index (χ1v) is 17.5. The SMILES string of the molecule is CC1(C)c2ccccc2-c2ccc(-c3c4ccccc4c(N4c5ccccc5C=Cc5ccccc54)c4ccc(-c5ccccc5)cc34)cc21. The van der Waals surface area contributed by atoms with Gasteiger partial charge in [-0.15, -0.1) is 0 Å².